The molecule has 1 aliphatic rings. The fraction of sp³-hybridized carbons (Fsp3) is 0.643. The van der Waals surface area contributed by atoms with E-state index in [2.05, 4.69) is 9.97 Å². The summed E-state index contributed by atoms with van der Waals surface area (Å²) in [6, 6.07) is 0. The number of hydrogen-bond acceptors (Lipinski definition) is 6. The molecular formula is C14H21N3O4. The van der Waals surface area contributed by atoms with Gasteiger partial charge >= 0.3 is 5.97 Å². The van der Waals surface area contributed by atoms with E-state index in [-0.39, 0.29) is 24.4 Å². The van der Waals surface area contributed by atoms with Gasteiger partial charge in [-0.15, -0.1) is 0 Å². The first-order chi connectivity index (χ1) is 9.96. The highest BCUT2D eigenvalue weighted by atomic mass is 16.5. The van der Waals surface area contributed by atoms with Crippen LogP contribution in [-0.4, -0.2) is 29.2 Å². The molecule has 0 aliphatic carbocycles. The minimum absolute atomic E-state index is 0.0530. The van der Waals surface area contributed by atoms with E-state index in [1.54, 1.807) is 6.92 Å². The smallest absolute Gasteiger partial charge is 0.310 e. The monoisotopic (exact) mass is 295 g/mol. The average Bonchev–Trinajstić information content (AvgIpc) is 2.44. The quantitative estimate of drug-likeness (QED) is 0.798. The van der Waals surface area contributed by atoms with Gasteiger partial charge in [0.15, 0.2) is 0 Å². The van der Waals surface area contributed by atoms with E-state index in [1.807, 2.05) is 6.92 Å². The van der Waals surface area contributed by atoms with Crippen LogP contribution in [-0.2, 0) is 26.3 Å². The molecule has 0 saturated carbocycles. The third-order valence-electron chi connectivity index (χ3n) is 3.64. The van der Waals surface area contributed by atoms with Gasteiger partial charge in [0.05, 0.1) is 18.6 Å². The van der Waals surface area contributed by atoms with Crippen LogP contribution in [0.1, 0.15) is 44.5 Å². The number of H-pyrrole nitrogens is 1. The fourth-order valence-electron chi connectivity index (χ4n) is 2.41. The number of aromatic amines is 1. The zero-order valence-electron chi connectivity index (χ0n) is 12.4. The second-order valence-electron chi connectivity index (χ2n) is 5.30. The number of nitrogens with zero attached hydrogens (tertiary/aromatic N) is 1. The highest BCUT2D eigenvalue weighted by Crippen LogP contribution is 2.32. The van der Waals surface area contributed by atoms with Crippen molar-refractivity contribution in [1.29, 1.82) is 0 Å². The van der Waals surface area contributed by atoms with Gasteiger partial charge in [0, 0.05) is 6.61 Å². The van der Waals surface area contributed by atoms with Crippen LogP contribution in [0, 0.1) is 0 Å². The minimum Gasteiger partial charge on any atom is -0.466 e. The van der Waals surface area contributed by atoms with Gasteiger partial charge in [0.1, 0.15) is 17.2 Å². The summed E-state index contributed by atoms with van der Waals surface area (Å²) in [5.41, 5.74) is 4.93. The van der Waals surface area contributed by atoms with Crippen molar-refractivity contribution in [3.05, 3.63) is 21.7 Å². The standard InChI is InChI=1S/C14H21N3O4/c1-3-20-10(18)8-9-11(15)16-13(17-12(9)19)14(2)6-4-5-7-21-14/h3-8H2,1-2H3,(H3,15,16,17,19). The first kappa shape index (κ1) is 15.5. The molecule has 7 nitrogen and oxygen atoms in total. The maximum Gasteiger partial charge on any atom is 0.310 e. The Labute approximate surface area is 122 Å². The number of carbonyl (C=O) groups is 1. The summed E-state index contributed by atoms with van der Waals surface area (Å²) in [6.07, 6.45) is 2.59. The lowest BCUT2D eigenvalue weighted by Gasteiger charge is -2.32. The summed E-state index contributed by atoms with van der Waals surface area (Å²) in [6.45, 7) is 4.47. The van der Waals surface area contributed by atoms with E-state index in [9.17, 15) is 9.59 Å². The normalized spacial score (nSPS) is 22.0. The van der Waals surface area contributed by atoms with Gasteiger partial charge in [-0.1, -0.05) is 0 Å². The maximum absolute atomic E-state index is 12.1. The predicted octanol–water partition coefficient (Wildman–Crippen LogP) is 0.873. The van der Waals surface area contributed by atoms with Crippen molar-refractivity contribution >= 4 is 11.8 Å². The molecule has 0 aromatic carbocycles. The summed E-state index contributed by atoms with van der Waals surface area (Å²) in [5, 5.41) is 0. The molecule has 1 aromatic heterocycles. The van der Waals surface area contributed by atoms with Crippen LogP contribution >= 0.6 is 0 Å². The van der Waals surface area contributed by atoms with E-state index in [0.717, 1.165) is 19.3 Å². The molecule has 1 fully saturated rings. The van der Waals surface area contributed by atoms with Crippen LogP contribution < -0.4 is 11.3 Å². The Morgan fingerprint density at radius 3 is 2.86 bits per heavy atom. The van der Waals surface area contributed by atoms with Gasteiger partial charge in [-0.3, -0.25) is 9.59 Å². The van der Waals surface area contributed by atoms with Crippen LogP contribution in [0.2, 0.25) is 0 Å². The Hall–Kier alpha value is -1.89. The Morgan fingerprint density at radius 1 is 1.52 bits per heavy atom. The highest BCUT2D eigenvalue weighted by molar-refractivity contribution is 5.74. The van der Waals surface area contributed by atoms with Crippen LogP contribution in [0.3, 0.4) is 0 Å². The van der Waals surface area contributed by atoms with Crippen molar-refractivity contribution in [1.82, 2.24) is 9.97 Å². The first-order valence-corrected chi connectivity index (χ1v) is 7.15. The lowest BCUT2D eigenvalue weighted by Crippen LogP contribution is -2.35. The predicted molar refractivity (Wildman–Crippen MR) is 76.8 cm³/mol. The molecule has 2 heterocycles. The average molecular weight is 295 g/mol. The van der Waals surface area contributed by atoms with E-state index in [0.29, 0.717) is 12.4 Å². The Kier molecular flexibility index (Phi) is 4.62. The van der Waals surface area contributed by atoms with Gasteiger partial charge < -0.3 is 20.2 Å². The summed E-state index contributed by atoms with van der Waals surface area (Å²) >= 11 is 0. The number of esters is 1. The van der Waals surface area contributed by atoms with Crippen LogP contribution in [0.5, 0.6) is 0 Å². The molecule has 1 unspecified atom stereocenters. The lowest BCUT2D eigenvalue weighted by atomic mass is 9.95. The zero-order chi connectivity index (χ0) is 15.5. The third-order valence-corrected chi connectivity index (χ3v) is 3.64. The molecule has 7 heteroatoms. The molecule has 0 spiro atoms. The summed E-state index contributed by atoms with van der Waals surface area (Å²) in [5.74, 6) is -0.0288. The summed E-state index contributed by atoms with van der Waals surface area (Å²) in [7, 11) is 0. The number of nitrogen functional groups attached to an aromatic ring is 1. The molecule has 1 aromatic rings. The second kappa shape index (κ2) is 6.26. The molecule has 1 saturated heterocycles. The van der Waals surface area contributed by atoms with E-state index < -0.39 is 17.1 Å². The first-order valence-electron chi connectivity index (χ1n) is 7.15. The van der Waals surface area contributed by atoms with Crippen molar-refractivity contribution < 1.29 is 14.3 Å². The van der Waals surface area contributed by atoms with Gasteiger partial charge in [-0.2, -0.15) is 0 Å². The molecule has 21 heavy (non-hydrogen) atoms. The topological polar surface area (TPSA) is 107 Å². The molecule has 0 radical (unpaired) electrons. The van der Waals surface area contributed by atoms with Crippen molar-refractivity contribution in [2.24, 2.45) is 0 Å². The fourth-order valence-corrected chi connectivity index (χ4v) is 2.41. The largest absolute Gasteiger partial charge is 0.466 e. The zero-order valence-corrected chi connectivity index (χ0v) is 12.4. The summed E-state index contributed by atoms with van der Waals surface area (Å²) in [4.78, 5) is 30.6. The Bertz CT molecular complexity index is 576. The molecule has 2 rings (SSSR count). The molecule has 1 aliphatic heterocycles. The molecule has 3 N–H and O–H groups in total. The van der Waals surface area contributed by atoms with Crippen molar-refractivity contribution in [3.8, 4) is 0 Å². The van der Waals surface area contributed by atoms with Crippen LogP contribution in [0.4, 0.5) is 5.82 Å². The molecule has 1 atom stereocenters. The Morgan fingerprint density at radius 2 is 2.29 bits per heavy atom. The van der Waals surface area contributed by atoms with Crippen LogP contribution in [0.15, 0.2) is 4.79 Å². The van der Waals surface area contributed by atoms with Crippen molar-refractivity contribution in [2.45, 2.75) is 45.1 Å². The number of aromatic nitrogens is 2. The van der Waals surface area contributed by atoms with E-state index >= 15 is 0 Å². The van der Waals surface area contributed by atoms with E-state index in [1.165, 1.54) is 0 Å². The number of carbonyl (C=O) groups excluding carboxylic acids is 1. The number of rotatable bonds is 4. The third kappa shape index (κ3) is 3.41. The lowest BCUT2D eigenvalue weighted by molar-refractivity contribution is -0.142. The van der Waals surface area contributed by atoms with Gasteiger partial charge in [0.2, 0.25) is 0 Å². The Balaban J connectivity index is 2.28. The summed E-state index contributed by atoms with van der Waals surface area (Å²) < 4.78 is 10.6. The molecule has 0 amide bonds. The maximum atomic E-state index is 12.1. The molecule has 0 bridgehead atoms. The highest BCUT2D eigenvalue weighted by Gasteiger charge is 2.33. The number of anilines is 1. The van der Waals surface area contributed by atoms with Crippen molar-refractivity contribution in [3.63, 3.8) is 0 Å². The minimum atomic E-state index is -0.631. The number of nitrogens with two attached hydrogens (primary N) is 1. The SMILES string of the molecule is CCOC(=O)Cc1c(N)nc(C2(C)CCCCO2)[nH]c1=O. The van der Waals surface area contributed by atoms with E-state index in [4.69, 9.17) is 15.2 Å². The van der Waals surface area contributed by atoms with Gasteiger partial charge in [-0.25, -0.2) is 4.98 Å². The van der Waals surface area contributed by atoms with Crippen molar-refractivity contribution in [2.75, 3.05) is 18.9 Å². The second-order valence-corrected chi connectivity index (χ2v) is 5.30. The number of nitrogens with one attached hydrogen (secondary N) is 1. The molecule has 116 valence electrons. The van der Waals surface area contributed by atoms with Gasteiger partial charge in [-0.05, 0) is 33.1 Å². The van der Waals surface area contributed by atoms with Gasteiger partial charge in [0.25, 0.3) is 5.56 Å². The van der Waals surface area contributed by atoms with Crippen LogP contribution in [0.25, 0.3) is 0 Å². The number of hydrogen-bond donors (Lipinski definition) is 2. The number of ether oxygens (including phenoxy) is 2. The molecular weight excluding hydrogens is 274 g/mol.